The van der Waals surface area contributed by atoms with Crippen molar-refractivity contribution in [2.24, 2.45) is 0 Å². The minimum absolute atomic E-state index is 0.0610. The van der Waals surface area contributed by atoms with Gasteiger partial charge in [0.15, 0.2) is 0 Å². The predicted molar refractivity (Wildman–Crippen MR) is 49.4 cm³/mol. The minimum Gasteiger partial charge on any atom is -0.329 e. The van der Waals surface area contributed by atoms with Crippen LogP contribution in [0.1, 0.15) is 11.3 Å². The van der Waals surface area contributed by atoms with E-state index in [2.05, 4.69) is 4.98 Å². The van der Waals surface area contributed by atoms with Gasteiger partial charge in [-0.15, -0.1) is 0 Å². The van der Waals surface area contributed by atoms with Crippen LogP contribution in [0, 0.1) is 0 Å². The van der Waals surface area contributed by atoms with Gasteiger partial charge < -0.3 is 4.90 Å². The lowest BCUT2D eigenvalue weighted by Crippen LogP contribution is -2.43. The third-order valence-electron chi connectivity index (χ3n) is 2.51. The molecule has 1 aliphatic rings. The molecule has 0 aliphatic carbocycles. The first kappa shape index (κ1) is 10.9. The van der Waals surface area contributed by atoms with Crippen molar-refractivity contribution in [3.63, 3.8) is 0 Å². The summed E-state index contributed by atoms with van der Waals surface area (Å²) in [5, 5.41) is 0. The number of nitrogens with zero attached hydrogens (tertiary/aromatic N) is 2. The average molecular weight is 230 g/mol. The summed E-state index contributed by atoms with van der Waals surface area (Å²) in [4.78, 5) is 15.8. The van der Waals surface area contributed by atoms with E-state index in [1.807, 2.05) is 6.07 Å². The van der Waals surface area contributed by atoms with Crippen LogP contribution in [0.4, 0.5) is 13.2 Å². The first-order chi connectivity index (χ1) is 7.48. The quantitative estimate of drug-likeness (QED) is 0.677. The van der Waals surface area contributed by atoms with E-state index in [0.29, 0.717) is 12.1 Å². The molecule has 2 heterocycles. The zero-order valence-electron chi connectivity index (χ0n) is 8.29. The van der Waals surface area contributed by atoms with Crippen LogP contribution in [-0.2, 0) is 17.8 Å². The van der Waals surface area contributed by atoms with Crippen molar-refractivity contribution in [3.8, 4) is 0 Å². The number of carbonyl (C=O) groups is 1. The largest absolute Gasteiger partial charge is 0.471 e. The van der Waals surface area contributed by atoms with Gasteiger partial charge in [-0.1, -0.05) is 6.07 Å². The van der Waals surface area contributed by atoms with E-state index in [4.69, 9.17) is 0 Å². The van der Waals surface area contributed by atoms with Crippen molar-refractivity contribution in [3.05, 3.63) is 29.6 Å². The zero-order valence-corrected chi connectivity index (χ0v) is 8.29. The maximum absolute atomic E-state index is 12.2. The Morgan fingerprint density at radius 3 is 2.88 bits per heavy atom. The van der Waals surface area contributed by atoms with Crippen LogP contribution in [0.3, 0.4) is 0 Å². The number of amides is 1. The number of hydrogen-bond acceptors (Lipinski definition) is 2. The third kappa shape index (κ3) is 2.00. The van der Waals surface area contributed by atoms with Gasteiger partial charge in [0.1, 0.15) is 0 Å². The standard InChI is InChI=1S/C10H9F3N2O/c11-10(12,13)9(16)15-5-3-7-2-1-4-14-8(7)6-15/h1-2,4H,3,5-6H2. The molecular formula is C10H9F3N2O. The van der Waals surface area contributed by atoms with E-state index in [-0.39, 0.29) is 13.1 Å². The van der Waals surface area contributed by atoms with Crippen LogP contribution < -0.4 is 0 Å². The maximum atomic E-state index is 12.2. The van der Waals surface area contributed by atoms with Crippen LogP contribution in [0.15, 0.2) is 18.3 Å². The Bertz CT molecular complexity index is 417. The van der Waals surface area contributed by atoms with Crippen molar-refractivity contribution in [2.45, 2.75) is 19.1 Å². The normalized spacial score (nSPS) is 15.8. The number of pyridine rings is 1. The van der Waals surface area contributed by atoms with Crippen LogP contribution in [0.25, 0.3) is 0 Å². The average Bonchev–Trinajstić information content (AvgIpc) is 2.26. The molecule has 86 valence electrons. The lowest BCUT2D eigenvalue weighted by Gasteiger charge is -2.28. The number of halogens is 3. The summed E-state index contributed by atoms with van der Waals surface area (Å²) in [5.74, 6) is -1.79. The molecule has 0 aromatic carbocycles. The summed E-state index contributed by atoms with van der Waals surface area (Å²) in [6.07, 6.45) is -2.86. The second-order valence-corrected chi connectivity index (χ2v) is 3.58. The van der Waals surface area contributed by atoms with E-state index >= 15 is 0 Å². The highest BCUT2D eigenvalue weighted by Gasteiger charge is 2.43. The van der Waals surface area contributed by atoms with Gasteiger partial charge in [0.05, 0.1) is 12.2 Å². The van der Waals surface area contributed by atoms with Gasteiger partial charge in [0, 0.05) is 12.7 Å². The molecule has 1 aromatic heterocycles. The van der Waals surface area contributed by atoms with Crippen LogP contribution >= 0.6 is 0 Å². The van der Waals surface area contributed by atoms with Crippen molar-refractivity contribution < 1.29 is 18.0 Å². The number of aromatic nitrogens is 1. The molecule has 0 fully saturated rings. The van der Waals surface area contributed by atoms with Gasteiger partial charge in [0.25, 0.3) is 0 Å². The van der Waals surface area contributed by atoms with Crippen molar-refractivity contribution in [2.75, 3.05) is 6.54 Å². The molecule has 1 aliphatic heterocycles. The summed E-state index contributed by atoms with van der Waals surface area (Å²) < 4.78 is 36.6. The van der Waals surface area contributed by atoms with Crippen LogP contribution in [0.2, 0.25) is 0 Å². The molecule has 0 bridgehead atoms. The molecule has 1 amide bonds. The third-order valence-corrected chi connectivity index (χ3v) is 2.51. The molecule has 2 rings (SSSR count). The Labute approximate surface area is 89.9 Å². The van der Waals surface area contributed by atoms with E-state index in [1.54, 1.807) is 6.07 Å². The Morgan fingerprint density at radius 2 is 2.19 bits per heavy atom. The van der Waals surface area contributed by atoms with Crippen molar-refractivity contribution in [1.29, 1.82) is 0 Å². The molecule has 6 heteroatoms. The van der Waals surface area contributed by atoms with Gasteiger partial charge in [-0.05, 0) is 18.1 Å². The highest BCUT2D eigenvalue weighted by atomic mass is 19.4. The molecule has 1 aromatic rings. The number of hydrogen-bond donors (Lipinski definition) is 0. The van der Waals surface area contributed by atoms with E-state index in [1.165, 1.54) is 6.20 Å². The summed E-state index contributed by atoms with van der Waals surface area (Å²) in [6.45, 7) is 0.0333. The van der Waals surface area contributed by atoms with E-state index in [9.17, 15) is 18.0 Å². The monoisotopic (exact) mass is 230 g/mol. The predicted octanol–water partition coefficient (Wildman–Crippen LogP) is 1.53. The Hall–Kier alpha value is -1.59. The SMILES string of the molecule is O=C(N1CCc2cccnc2C1)C(F)(F)F. The molecule has 0 saturated heterocycles. The fraction of sp³-hybridized carbons (Fsp3) is 0.400. The Morgan fingerprint density at radius 1 is 1.44 bits per heavy atom. The fourth-order valence-corrected chi connectivity index (χ4v) is 1.71. The highest BCUT2D eigenvalue weighted by molar-refractivity contribution is 5.82. The molecule has 0 atom stereocenters. The van der Waals surface area contributed by atoms with E-state index in [0.717, 1.165) is 10.5 Å². The number of alkyl halides is 3. The summed E-state index contributed by atoms with van der Waals surface area (Å²) in [6, 6.07) is 3.55. The number of fused-ring (bicyclic) bond motifs is 1. The fourth-order valence-electron chi connectivity index (χ4n) is 1.71. The Balaban J connectivity index is 2.17. The van der Waals surface area contributed by atoms with Gasteiger partial charge in [-0.25, -0.2) is 0 Å². The molecule has 0 unspecified atom stereocenters. The molecule has 0 radical (unpaired) electrons. The summed E-state index contributed by atoms with van der Waals surface area (Å²) in [7, 11) is 0. The van der Waals surface area contributed by atoms with E-state index < -0.39 is 12.1 Å². The molecule has 0 spiro atoms. The topological polar surface area (TPSA) is 33.2 Å². The van der Waals surface area contributed by atoms with Gasteiger partial charge in [0.2, 0.25) is 0 Å². The molecule has 3 nitrogen and oxygen atoms in total. The van der Waals surface area contributed by atoms with Crippen molar-refractivity contribution in [1.82, 2.24) is 9.88 Å². The lowest BCUT2D eigenvalue weighted by atomic mass is 10.1. The lowest BCUT2D eigenvalue weighted by molar-refractivity contribution is -0.186. The first-order valence-corrected chi connectivity index (χ1v) is 4.77. The molecule has 16 heavy (non-hydrogen) atoms. The summed E-state index contributed by atoms with van der Waals surface area (Å²) >= 11 is 0. The van der Waals surface area contributed by atoms with Gasteiger partial charge in [-0.2, -0.15) is 13.2 Å². The summed E-state index contributed by atoms with van der Waals surface area (Å²) in [5.41, 5.74) is 1.46. The second kappa shape index (κ2) is 3.77. The second-order valence-electron chi connectivity index (χ2n) is 3.58. The number of carbonyl (C=O) groups excluding carboxylic acids is 1. The molecule has 0 N–H and O–H groups in total. The minimum atomic E-state index is -4.80. The van der Waals surface area contributed by atoms with Crippen molar-refractivity contribution >= 4 is 5.91 Å². The zero-order chi connectivity index (χ0) is 11.8. The van der Waals surface area contributed by atoms with Crippen LogP contribution in [0.5, 0.6) is 0 Å². The molecular weight excluding hydrogens is 221 g/mol. The van der Waals surface area contributed by atoms with Gasteiger partial charge in [-0.3, -0.25) is 9.78 Å². The number of rotatable bonds is 0. The first-order valence-electron chi connectivity index (χ1n) is 4.77. The van der Waals surface area contributed by atoms with Crippen LogP contribution in [-0.4, -0.2) is 28.5 Å². The maximum Gasteiger partial charge on any atom is 0.471 e. The molecule has 0 saturated carbocycles. The highest BCUT2D eigenvalue weighted by Crippen LogP contribution is 2.23. The Kier molecular flexibility index (Phi) is 2.57. The smallest absolute Gasteiger partial charge is 0.329 e. The van der Waals surface area contributed by atoms with Gasteiger partial charge >= 0.3 is 12.1 Å².